The van der Waals surface area contributed by atoms with Gasteiger partial charge in [-0.25, -0.2) is 4.98 Å². The first-order valence-electron chi connectivity index (χ1n) is 8.24. The van der Waals surface area contributed by atoms with Crippen molar-refractivity contribution >= 4 is 11.8 Å². The largest absolute Gasteiger partial charge is 0.345 e. The van der Waals surface area contributed by atoms with Gasteiger partial charge in [-0.1, -0.05) is 6.42 Å². The van der Waals surface area contributed by atoms with Crippen LogP contribution in [-0.4, -0.2) is 45.9 Å². The predicted octanol–water partition coefficient (Wildman–Crippen LogP) is 0.249. The van der Waals surface area contributed by atoms with Crippen LogP contribution in [0.2, 0.25) is 0 Å². The molecule has 3 rings (SSSR count). The van der Waals surface area contributed by atoms with Crippen LogP contribution in [0.3, 0.4) is 0 Å². The molecule has 1 aliphatic carbocycles. The molecule has 23 heavy (non-hydrogen) atoms. The molecule has 0 bridgehead atoms. The van der Waals surface area contributed by atoms with Crippen LogP contribution in [-0.2, 0) is 16.1 Å². The fourth-order valence-electron chi connectivity index (χ4n) is 2.95. The minimum Gasteiger partial charge on any atom is -0.345 e. The van der Waals surface area contributed by atoms with Crippen molar-refractivity contribution in [1.29, 1.82) is 0 Å². The van der Waals surface area contributed by atoms with E-state index in [9.17, 15) is 14.4 Å². The van der Waals surface area contributed by atoms with Gasteiger partial charge in [-0.2, -0.15) is 0 Å². The molecule has 2 fully saturated rings. The monoisotopic (exact) mass is 318 g/mol. The van der Waals surface area contributed by atoms with Crippen molar-refractivity contribution in [1.82, 2.24) is 19.8 Å². The smallest absolute Gasteiger partial charge is 0.254 e. The summed E-state index contributed by atoms with van der Waals surface area (Å²) in [5.74, 6) is -0.0243. The minimum atomic E-state index is -0.349. The van der Waals surface area contributed by atoms with Crippen molar-refractivity contribution in [3.63, 3.8) is 0 Å². The number of rotatable bonds is 5. The number of aromatic nitrogens is 2. The van der Waals surface area contributed by atoms with E-state index in [4.69, 9.17) is 0 Å². The van der Waals surface area contributed by atoms with Crippen molar-refractivity contribution in [2.75, 3.05) is 19.6 Å². The summed E-state index contributed by atoms with van der Waals surface area (Å²) in [7, 11) is 0. The summed E-state index contributed by atoms with van der Waals surface area (Å²) in [6.07, 6.45) is 6.81. The Morgan fingerprint density at radius 3 is 2.57 bits per heavy atom. The first kappa shape index (κ1) is 15.7. The van der Waals surface area contributed by atoms with Crippen LogP contribution in [0, 0.1) is 0 Å². The van der Waals surface area contributed by atoms with Gasteiger partial charge in [0.2, 0.25) is 11.8 Å². The fraction of sp³-hybridized carbons (Fsp3) is 0.625. The highest BCUT2D eigenvalue weighted by molar-refractivity contribution is 5.84. The van der Waals surface area contributed by atoms with E-state index < -0.39 is 0 Å². The Morgan fingerprint density at radius 2 is 1.96 bits per heavy atom. The van der Waals surface area contributed by atoms with Crippen molar-refractivity contribution in [2.45, 2.75) is 44.6 Å². The van der Waals surface area contributed by atoms with E-state index in [1.807, 2.05) is 0 Å². The lowest BCUT2D eigenvalue weighted by atomic mass is 9.83. The molecule has 2 amide bonds. The Kier molecular flexibility index (Phi) is 4.73. The number of hydrogen-bond donors (Lipinski definition) is 1. The van der Waals surface area contributed by atoms with Gasteiger partial charge in [-0.05, 0) is 25.7 Å². The Labute approximate surface area is 134 Å². The van der Waals surface area contributed by atoms with Gasteiger partial charge in [0.1, 0.15) is 6.54 Å². The van der Waals surface area contributed by atoms with E-state index in [2.05, 4.69) is 10.3 Å². The maximum atomic E-state index is 12.0. The van der Waals surface area contributed by atoms with E-state index >= 15 is 0 Å². The van der Waals surface area contributed by atoms with Crippen molar-refractivity contribution < 1.29 is 9.59 Å². The SMILES string of the molecule is O=C(Cn1cnc(C2CCC2)cc1=O)NCC(=O)N1CCCC1. The summed E-state index contributed by atoms with van der Waals surface area (Å²) in [5, 5.41) is 2.58. The number of nitrogens with zero attached hydrogens (tertiary/aromatic N) is 3. The van der Waals surface area contributed by atoms with E-state index in [1.54, 1.807) is 4.90 Å². The van der Waals surface area contributed by atoms with Gasteiger partial charge in [0.25, 0.3) is 5.56 Å². The summed E-state index contributed by atoms with van der Waals surface area (Å²) in [4.78, 5) is 41.8. The maximum Gasteiger partial charge on any atom is 0.254 e. The van der Waals surface area contributed by atoms with Crippen LogP contribution in [0.5, 0.6) is 0 Å². The van der Waals surface area contributed by atoms with Crippen molar-refractivity contribution in [3.05, 3.63) is 28.4 Å². The molecule has 0 atom stereocenters. The highest BCUT2D eigenvalue weighted by Crippen LogP contribution is 2.34. The van der Waals surface area contributed by atoms with E-state index in [0.29, 0.717) is 5.92 Å². The van der Waals surface area contributed by atoms with E-state index in [1.165, 1.54) is 23.4 Å². The van der Waals surface area contributed by atoms with Crippen LogP contribution in [0.1, 0.15) is 43.7 Å². The van der Waals surface area contributed by atoms with Gasteiger partial charge < -0.3 is 10.2 Å². The number of carbonyl (C=O) groups is 2. The molecule has 1 saturated carbocycles. The molecule has 0 aromatic carbocycles. The topological polar surface area (TPSA) is 84.3 Å². The van der Waals surface area contributed by atoms with E-state index in [0.717, 1.165) is 44.5 Å². The molecular formula is C16H22N4O3. The maximum absolute atomic E-state index is 12.0. The van der Waals surface area contributed by atoms with Gasteiger partial charge in [0.05, 0.1) is 18.6 Å². The van der Waals surface area contributed by atoms with Crippen molar-refractivity contribution in [2.24, 2.45) is 0 Å². The fourth-order valence-corrected chi connectivity index (χ4v) is 2.95. The Morgan fingerprint density at radius 1 is 1.22 bits per heavy atom. The molecular weight excluding hydrogens is 296 g/mol. The lowest BCUT2D eigenvalue weighted by Crippen LogP contribution is -2.40. The second kappa shape index (κ2) is 6.93. The standard InChI is InChI=1S/C16H22N4O3/c21-14(17-9-16(23)19-6-1-2-7-19)10-20-11-18-13(8-15(20)22)12-4-3-5-12/h8,11-12H,1-7,9-10H2,(H,17,21). The first-order valence-corrected chi connectivity index (χ1v) is 8.24. The Balaban J connectivity index is 1.51. The third-order valence-corrected chi connectivity index (χ3v) is 4.63. The number of hydrogen-bond acceptors (Lipinski definition) is 4. The third-order valence-electron chi connectivity index (χ3n) is 4.63. The average molecular weight is 318 g/mol. The number of amides is 2. The van der Waals surface area contributed by atoms with Gasteiger partial charge in [0, 0.05) is 25.1 Å². The lowest BCUT2D eigenvalue weighted by molar-refractivity contribution is -0.132. The molecule has 1 saturated heterocycles. The molecule has 1 aromatic rings. The highest BCUT2D eigenvalue weighted by Gasteiger charge is 2.22. The predicted molar refractivity (Wildman–Crippen MR) is 83.9 cm³/mol. The quantitative estimate of drug-likeness (QED) is 0.843. The first-order chi connectivity index (χ1) is 11.1. The van der Waals surface area contributed by atoms with Crippen LogP contribution < -0.4 is 10.9 Å². The van der Waals surface area contributed by atoms with Gasteiger partial charge in [-0.3, -0.25) is 19.0 Å². The molecule has 124 valence electrons. The van der Waals surface area contributed by atoms with Gasteiger partial charge in [-0.15, -0.1) is 0 Å². The molecule has 1 aromatic heterocycles. The zero-order chi connectivity index (χ0) is 16.2. The summed E-state index contributed by atoms with van der Waals surface area (Å²) in [5.41, 5.74) is 0.602. The molecule has 1 N–H and O–H groups in total. The molecule has 0 spiro atoms. The summed E-state index contributed by atoms with van der Waals surface area (Å²) in [6.45, 7) is 1.41. The van der Waals surface area contributed by atoms with Gasteiger partial charge >= 0.3 is 0 Å². The minimum absolute atomic E-state index is 0.0127. The summed E-state index contributed by atoms with van der Waals surface area (Å²) >= 11 is 0. The zero-order valence-electron chi connectivity index (χ0n) is 13.2. The van der Waals surface area contributed by atoms with Crippen LogP contribution >= 0.6 is 0 Å². The second-order valence-corrected chi connectivity index (χ2v) is 6.27. The van der Waals surface area contributed by atoms with Crippen molar-refractivity contribution in [3.8, 4) is 0 Å². The molecule has 2 heterocycles. The summed E-state index contributed by atoms with van der Waals surface area (Å²) < 4.78 is 1.28. The molecule has 7 heteroatoms. The number of likely N-dealkylation sites (tertiary alicyclic amines) is 1. The molecule has 2 aliphatic rings. The van der Waals surface area contributed by atoms with Crippen LogP contribution in [0.4, 0.5) is 0 Å². The van der Waals surface area contributed by atoms with E-state index in [-0.39, 0.29) is 30.5 Å². The highest BCUT2D eigenvalue weighted by atomic mass is 16.2. The number of carbonyl (C=O) groups excluding carboxylic acids is 2. The normalized spacial score (nSPS) is 17.8. The Hall–Kier alpha value is -2.18. The molecule has 0 unspecified atom stereocenters. The third kappa shape index (κ3) is 3.78. The Bertz CT molecular complexity index is 645. The number of nitrogens with one attached hydrogen (secondary N) is 1. The molecule has 1 aliphatic heterocycles. The molecule has 7 nitrogen and oxygen atoms in total. The zero-order valence-corrected chi connectivity index (χ0v) is 13.2. The summed E-state index contributed by atoms with van der Waals surface area (Å²) in [6, 6.07) is 1.52. The molecule has 0 radical (unpaired) electrons. The van der Waals surface area contributed by atoms with Crippen LogP contribution in [0.15, 0.2) is 17.2 Å². The van der Waals surface area contributed by atoms with Gasteiger partial charge in [0.15, 0.2) is 0 Å². The van der Waals surface area contributed by atoms with Crippen LogP contribution in [0.25, 0.3) is 0 Å². The average Bonchev–Trinajstić information content (AvgIpc) is 3.00. The second-order valence-electron chi connectivity index (χ2n) is 6.27. The lowest BCUT2D eigenvalue weighted by Gasteiger charge is -2.24.